The van der Waals surface area contributed by atoms with Gasteiger partial charge >= 0.3 is 0 Å². The number of rotatable bonds is 5. The molecule has 9 heteroatoms. The van der Waals surface area contributed by atoms with Gasteiger partial charge in [-0.15, -0.1) is 0 Å². The molecule has 0 aromatic heterocycles. The maximum absolute atomic E-state index is 13.4. The van der Waals surface area contributed by atoms with Crippen LogP contribution in [0.25, 0.3) is 0 Å². The highest BCUT2D eigenvalue weighted by molar-refractivity contribution is 7.89. The van der Waals surface area contributed by atoms with Crippen LogP contribution in [-0.2, 0) is 21.2 Å². The Morgan fingerprint density at radius 2 is 1.73 bits per heavy atom. The number of fused-ring (bicyclic) bond motifs is 4. The minimum atomic E-state index is -3.89. The van der Waals surface area contributed by atoms with Gasteiger partial charge in [-0.05, 0) is 60.6 Å². The molecule has 1 atom stereocenters. The van der Waals surface area contributed by atoms with E-state index in [4.69, 9.17) is 9.47 Å². The van der Waals surface area contributed by atoms with E-state index >= 15 is 0 Å². The maximum Gasteiger partial charge on any atom is 0.276 e. The van der Waals surface area contributed by atoms with E-state index in [2.05, 4.69) is 28.7 Å². The van der Waals surface area contributed by atoms with Gasteiger partial charge in [0.05, 0.1) is 36.4 Å². The summed E-state index contributed by atoms with van der Waals surface area (Å²) in [6.07, 6.45) is 2.33. The van der Waals surface area contributed by atoms with Crippen LogP contribution in [0.2, 0.25) is 0 Å². The summed E-state index contributed by atoms with van der Waals surface area (Å²) in [6, 6.07) is 10.5. The molecule has 0 bridgehead atoms. The number of allylic oxidation sites excluding steroid dienone is 2. The molecular weight excluding hydrogens is 490 g/mol. The highest BCUT2D eigenvalue weighted by Crippen LogP contribution is 2.49. The van der Waals surface area contributed by atoms with Crippen LogP contribution in [-0.4, -0.2) is 45.6 Å². The van der Waals surface area contributed by atoms with Crippen molar-refractivity contribution < 1.29 is 22.7 Å². The summed E-state index contributed by atoms with van der Waals surface area (Å²) in [5, 5.41) is 4.39. The molecule has 0 fully saturated rings. The van der Waals surface area contributed by atoms with Crippen molar-refractivity contribution in [3.63, 3.8) is 0 Å². The highest BCUT2D eigenvalue weighted by Gasteiger charge is 2.44. The monoisotopic (exact) mass is 523 g/mol. The number of nitrogens with one attached hydrogen (secondary N) is 1. The third-order valence-corrected chi connectivity index (χ3v) is 8.73. The molecule has 0 saturated heterocycles. The molecule has 2 aromatic carbocycles. The SMILES string of the molecule is COc1cc2c(cc1OC)[C@@H]1CC(=NNS(=O)(=O)c3ccc(C)cc3)C3=C(CC(C)(C)CC3=O)N1CC2. The van der Waals surface area contributed by atoms with Crippen molar-refractivity contribution >= 4 is 21.5 Å². The van der Waals surface area contributed by atoms with Crippen molar-refractivity contribution in [2.24, 2.45) is 10.5 Å². The summed E-state index contributed by atoms with van der Waals surface area (Å²) in [5.74, 6) is 1.33. The first-order valence-electron chi connectivity index (χ1n) is 12.5. The fourth-order valence-electron chi connectivity index (χ4n) is 5.70. The molecule has 3 aliphatic rings. The molecular formula is C28H33N3O5S. The van der Waals surface area contributed by atoms with E-state index in [-0.39, 0.29) is 22.1 Å². The molecule has 2 aliphatic heterocycles. The summed E-state index contributed by atoms with van der Waals surface area (Å²) in [7, 11) is -0.650. The number of Topliss-reactive ketones (excluding diaryl/α,β-unsaturated/α-hetero) is 1. The van der Waals surface area contributed by atoms with E-state index in [0.29, 0.717) is 35.6 Å². The first-order chi connectivity index (χ1) is 17.5. The van der Waals surface area contributed by atoms with Gasteiger partial charge < -0.3 is 14.4 Å². The lowest BCUT2D eigenvalue weighted by molar-refractivity contribution is -0.118. The molecule has 0 spiro atoms. The van der Waals surface area contributed by atoms with Gasteiger partial charge in [0.25, 0.3) is 10.0 Å². The zero-order valence-electron chi connectivity index (χ0n) is 21.9. The van der Waals surface area contributed by atoms with Crippen LogP contribution in [0.3, 0.4) is 0 Å². The summed E-state index contributed by atoms with van der Waals surface area (Å²) < 4.78 is 37.1. The Morgan fingerprint density at radius 1 is 1.05 bits per heavy atom. The standard InChI is InChI=1S/C28H33N3O5S/c1-17-6-8-19(9-7-17)37(33,34)30-29-21-14-22-20-13-26(36-5)25(35-4)12-18(20)10-11-31(22)23-15-28(2,3)16-24(32)27(21)23/h6-9,12-13,22,30H,10-11,14-16H2,1-5H3/t22-/m0/s1. The Morgan fingerprint density at radius 3 is 2.41 bits per heavy atom. The van der Waals surface area contributed by atoms with E-state index in [0.717, 1.165) is 41.8 Å². The van der Waals surface area contributed by atoms with Crippen LogP contribution < -0.4 is 14.3 Å². The van der Waals surface area contributed by atoms with Gasteiger partial charge in [-0.3, -0.25) is 4.79 Å². The number of benzene rings is 2. The smallest absolute Gasteiger partial charge is 0.276 e. The normalized spacial score (nSPS) is 21.8. The summed E-state index contributed by atoms with van der Waals surface area (Å²) in [6.45, 7) is 6.86. The number of ether oxygens (including phenoxy) is 2. The quantitative estimate of drug-likeness (QED) is 0.587. The molecule has 2 heterocycles. The number of methoxy groups -OCH3 is 2. The second-order valence-corrected chi connectivity index (χ2v) is 12.5. The number of hydrazone groups is 1. The maximum atomic E-state index is 13.4. The van der Waals surface area contributed by atoms with Gasteiger partial charge in [-0.25, -0.2) is 0 Å². The third-order valence-electron chi connectivity index (χ3n) is 7.51. The number of hydrogen-bond acceptors (Lipinski definition) is 7. The van der Waals surface area contributed by atoms with Crippen molar-refractivity contribution in [1.82, 2.24) is 9.73 Å². The van der Waals surface area contributed by atoms with E-state index in [9.17, 15) is 13.2 Å². The Kier molecular flexibility index (Phi) is 6.30. The molecule has 196 valence electrons. The van der Waals surface area contributed by atoms with Crippen molar-refractivity contribution in [3.05, 3.63) is 64.4 Å². The van der Waals surface area contributed by atoms with Gasteiger partial charge in [0.1, 0.15) is 0 Å². The first-order valence-corrected chi connectivity index (χ1v) is 13.9. The molecule has 1 N–H and O–H groups in total. The molecule has 0 radical (unpaired) electrons. The summed E-state index contributed by atoms with van der Waals surface area (Å²) >= 11 is 0. The topological polar surface area (TPSA) is 97.3 Å². The highest BCUT2D eigenvalue weighted by atomic mass is 32.2. The van der Waals surface area contributed by atoms with Crippen LogP contribution in [0.15, 0.2) is 57.7 Å². The zero-order chi connectivity index (χ0) is 26.5. The summed E-state index contributed by atoms with van der Waals surface area (Å²) in [4.78, 5) is 18.3. The molecule has 1 aliphatic carbocycles. The van der Waals surface area contributed by atoms with Crippen molar-refractivity contribution in [1.29, 1.82) is 0 Å². The molecule has 0 unspecified atom stereocenters. The molecule has 0 amide bonds. The average molecular weight is 524 g/mol. The lowest BCUT2D eigenvalue weighted by Crippen LogP contribution is -2.46. The van der Waals surface area contributed by atoms with Crippen LogP contribution >= 0.6 is 0 Å². The fraction of sp³-hybridized carbons (Fsp3) is 0.429. The minimum absolute atomic E-state index is 0.0103. The predicted molar refractivity (Wildman–Crippen MR) is 141 cm³/mol. The van der Waals surface area contributed by atoms with Crippen LogP contribution in [0, 0.1) is 12.3 Å². The Balaban J connectivity index is 1.59. The number of ketones is 1. The van der Waals surface area contributed by atoms with Crippen LogP contribution in [0.1, 0.15) is 55.8 Å². The number of sulfonamides is 1. The van der Waals surface area contributed by atoms with E-state index in [1.807, 2.05) is 19.1 Å². The van der Waals surface area contributed by atoms with Gasteiger partial charge in [0.2, 0.25) is 0 Å². The van der Waals surface area contributed by atoms with E-state index < -0.39 is 10.0 Å². The van der Waals surface area contributed by atoms with E-state index in [1.54, 1.807) is 38.5 Å². The van der Waals surface area contributed by atoms with Gasteiger partial charge in [-0.1, -0.05) is 31.5 Å². The second-order valence-electron chi connectivity index (χ2n) is 10.8. The molecule has 5 rings (SSSR count). The number of carbonyl (C=O) groups is 1. The Bertz CT molecular complexity index is 1420. The average Bonchev–Trinajstić information content (AvgIpc) is 2.85. The number of carbonyl (C=O) groups excluding carboxylic acids is 1. The number of aryl methyl sites for hydroxylation is 1. The van der Waals surface area contributed by atoms with Crippen molar-refractivity contribution in [2.45, 2.75) is 57.4 Å². The third kappa shape index (κ3) is 4.61. The Hall–Kier alpha value is -3.33. The lowest BCUT2D eigenvalue weighted by Gasteiger charge is -2.48. The molecule has 2 aromatic rings. The number of hydrogen-bond donors (Lipinski definition) is 1. The van der Waals surface area contributed by atoms with Gasteiger partial charge in [0, 0.05) is 25.1 Å². The molecule has 37 heavy (non-hydrogen) atoms. The molecule has 8 nitrogen and oxygen atoms in total. The van der Waals surface area contributed by atoms with Crippen molar-refractivity contribution in [3.8, 4) is 11.5 Å². The van der Waals surface area contributed by atoms with Gasteiger partial charge in [0.15, 0.2) is 17.3 Å². The largest absolute Gasteiger partial charge is 0.493 e. The zero-order valence-corrected chi connectivity index (χ0v) is 22.7. The Labute approximate surface area is 218 Å². The van der Waals surface area contributed by atoms with Gasteiger partial charge in [-0.2, -0.15) is 18.4 Å². The fourth-order valence-corrected chi connectivity index (χ4v) is 6.53. The molecule has 0 saturated carbocycles. The van der Waals surface area contributed by atoms with Crippen LogP contribution in [0.5, 0.6) is 11.5 Å². The predicted octanol–water partition coefficient (Wildman–Crippen LogP) is 4.29. The van der Waals surface area contributed by atoms with Crippen molar-refractivity contribution in [2.75, 3.05) is 20.8 Å². The van der Waals surface area contributed by atoms with Crippen LogP contribution in [0.4, 0.5) is 0 Å². The minimum Gasteiger partial charge on any atom is -0.493 e. The number of nitrogens with zero attached hydrogens (tertiary/aromatic N) is 2. The lowest BCUT2D eigenvalue weighted by atomic mass is 9.71. The first kappa shape index (κ1) is 25.3. The van der Waals surface area contributed by atoms with E-state index in [1.165, 1.54) is 0 Å². The second kappa shape index (κ2) is 9.20. The summed E-state index contributed by atoms with van der Waals surface area (Å²) in [5.41, 5.74) is 5.00.